The average Bonchev–Trinajstić information content (AvgIpc) is 3.13. The maximum absolute atomic E-state index is 12.2. The molecule has 1 N–H and O–H groups in total. The first-order valence-electron chi connectivity index (χ1n) is 7.60. The lowest BCUT2D eigenvalue weighted by atomic mass is 10.2. The van der Waals surface area contributed by atoms with Gasteiger partial charge in [-0.05, 0) is 38.1 Å². The Morgan fingerprint density at radius 2 is 2.00 bits per heavy atom. The Morgan fingerprint density at radius 3 is 2.52 bits per heavy atom. The molecule has 0 amide bonds. The van der Waals surface area contributed by atoms with Crippen molar-refractivity contribution < 1.29 is 12.8 Å². The van der Waals surface area contributed by atoms with Crippen LogP contribution >= 0.6 is 0 Å². The van der Waals surface area contributed by atoms with Gasteiger partial charge in [0.15, 0.2) is 0 Å². The molecule has 1 atom stereocenters. The van der Waals surface area contributed by atoms with Gasteiger partial charge >= 0.3 is 0 Å². The number of hydrogen-bond acceptors (Lipinski definition) is 4. The number of nitrogens with zero attached hydrogens (tertiary/aromatic N) is 2. The molecule has 0 radical (unpaired) electrons. The molecule has 7 heteroatoms. The lowest BCUT2D eigenvalue weighted by Gasteiger charge is -2.27. The number of rotatable bonds is 8. The smallest absolute Gasteiger partial charge is 0.279 e. The summed E-state index contributed by atoms with van der Waals surface area (Å²) in [5.41, 5.74) is 0. The maximum Gasteiger partial charge on any atom is 0.279 e. The molecule has 0 saturated carbocycles. The lowest BCUT2D eigenvalue weighted by molar-refractivity contribution is 0.215. The highest BCUT2D eigenvalue weighted by atomic mass is 32.2. The summed E-state index contributed by atoms with van der Waals surface area (Å²) in [5, 5.41) is 0. The predicted molar refractivity (Wildman–Crippen MR) is 82.1 cm³/mol. The number of likely N-dealkylation sites (tertiary alicyclic amines) is 1. The molecule has 6 nitrogen and oxygen atoms in total. The van der Waals surface area contributed by atoms with E-state index in [0.717, 1.165) is 31.7 Å². The minimum Gasteiger partial charge on any atom is -0.468 e. The minimum absolute atomic E-state index is 0.0344. The molecule has 1 aromatic heterocycles. The van der Waals surface area contributed by atoms with E-state index in [2.05, 4.69) is 9.62 Å². The molecule has 1 aliphatic rings. The summed E-state index contributed by atoms with van der Waals surface area (Å²) >= 11 is 0. The van der Waals surface area contributed by atoms with E-state index in [9.17, 15) is 8.42 Å². The number of nitrogens with one attached hydrogen (secondary N) is 1. The Balaban J connectivity index is 2.06. The molecular weight excluding hydrogens is 290 g/mol. The van der Waals surface area contributed by atoms with Crippen molar-refractivity contribution in [3.05, 3.63) is 24.2 Å². The van der Waals surface area contributed by atoms with Crippen LogP contribution in [-0.2, 0) is 10.2 Å². The highest BCUT2D eigenvalue weighted by Crippen LogP contribution is 2.25. The van der Waals surface area contributed by atoms with Crippen LogP contribution in [0.5, 0.6) is 0 Å². The number of furan rings is 1. The molecule has 120 valence electrons. The molecule has 1 saturated heterocycles. The maximum atomic E-state index is 12.2. The van der Waals surface area contributed by atoms with Crippen molar-refractivity contribution in [3.8, 4) is 0 Å². The van der Waals surface area contributed by atoms with Gasteiger partial charge in [-0.3, -0.25) is 4.90 Å². The van der Waals surface area contributed by atoms with Crippen molar-refractivity contribution >= 4 is 10.2 Å². The Hall–Kier alpha value is -0.890. The molecule has 1 aromatic rings. The summed E-state index contributed by atoms with van der Waals surface area (Å²) < 4.78 is 34.1. The summed E-state index contributed by atoms with van der Waals surface area (Å²) in [6.07, 6.45) is 3.94. The standard InChI is InChI=1S/C14H25N3O3S/c1-3-17(4-2)21(18,19)15-12-13(14-8-7-11-20-14)16-9-5-6-10-16/h7-8,11,13,15H,3-6,9-10,12H2,1-2H3/t13-/m0/s1. The molecule has 21 heavy (non-hydrogen) atoms. The Bertz CT molecular complexity index is 506. The van der Waals surface area contributed by atoms with Gasteiger partial charge in [-0.2, -0.15) is 12.7 Å². The highest BCUT2D eigenvalue weighted by molar-refractivity contribution is 7.87. The highest BCUT2D eigenvalue weighted by Gasteiger charge is 2.28. The molecule has 1 fully saturated rings. The van der Waals surface area contributed by atoms with Gasteiger partial charge in [-0.15, -0.1) is 0 Å². The topological polar surface area (TPSA) is 65.8 Å². The second kappa shape index (κ2) is 7.40. The molecule has 2 heterocycles. The first kappa shape index (κ1) is 16.5. The van der Waals surface area contributed by atoms with Gasteiger partial charge < -0.3 is 4.42 Å². The zero-order valence-corrected chi connectivity index (χ0v) is 13.6. The Labute approximate surface area is 127 Å². The van der Waals surface area contributed by atoms with Crippen LogP contribution in [0.15, 0.2) is 22.8 Å². The van der Waals surface area contributed by atoms with Crippen LogP contribution in [-0.4, -0.2) is 50.3 Å². The van der Waals surface area contributed by atoms with Crippen LogP contribution in [0.25, 0.3) is 0 Å². The third-order valence-corrected chi connectivity index (χ3v) is 5.69. The average molecular weight is 315 g/mol. The summed E-state index contributed by atoms with van der Waals surface area (Å²) in [4.78, 5) is 2.28. The van der Waals surface area contributed by atoms with E-state index in [4.69, 9.17) is 4.42 Å². The van der Waals surface area contributed by atoms with E-state index < -0.39 is 10.2 Å². The van der Waals surface area contributed by atoms with Crippen LogP contribution in [0.2, 0.25) is 0 Å². The Kier molecular flexibility index (Phi) is 5.80. The van der Waals surface area contributed by atoms with Crippen LogP contribution in [0.1, 0.15) is 38.5 Å². The van der Waals surface area contributed by atoms with Gasteiger partial charge in [0, 0.05) is 19.6 Å². The molecule has 0 spiro atoms. The van der Waals surface area contributed by atoms with Crippen molar-refractivity contribution in [1.29, 1.82) is 0 Å². The van der Waals surface area contributed by atoms with Gasteiger partial charge in [0.2, 0.25) is 0 Å². The summed E-state index contributed by atoms with van der Waals surface area (Å²) in [5.74, 6) is 0.819. The minimum atomic E-state index is -3.42. The van der Waals surface area contributed by atoms with Gasteiger partial charge in [0.25, 0.3) is 10.2 Å². The van der Waals surface area contributed by atoms with Crippen molar-refractivity contribution in [1.82, 2.24) is 13.9 Å². The van der Waals surface area contributed by atoms with Crippen LogP contribution in [0.3, 0.4) is 0 Å². The fraction of sp³-hybridized carbons (Fsp3) is 0.714. The van der Waals surface area contributed by atoms with Crippen LogP contribution in [0.4, 0.5) is 0 Å². The first-order chi connectivity index (χ1) is 10.1. The van der Waals surface area contributed by atoms with Crippen molar-refractivity contribution in [2.45, 2.75) is 32.7 Å². The van der Waals surface area contributed by atoms with Crippen LogP contribution < -0.4 is 4.72 Å². The van der Waals surface area contributed by atoms with Crippen molar-refractivity contribution in [2.24, 2.45) is 0 Å². The second-order valence-corrected chi connectivity index (χ2v) is 6.97. The van der Waals surface area contributed by atoms with Gasteiger partial charge in [-0.25, -0.2) is 4.72 Å². The molecular formula is C14H25N3O3S. The monoisotopic (exact) mass is 315 g/mol. The SMILES string of the molecule is CCN(CC)S(=O)(=O)NC[C@@H](c1ccco1)N1CCCC1. The first-order valence-corrected chi connectivity index (χ1v) is 9.04. The Morgan fingerprint density at radius 1 is 1.33 bits per heavy atom. The molecule has 0 aromatic carbocycles. The van der Waals surface area contributed by atoms with E-state index in [0.29, 0.717) is 19.6 Å². The zero-order chi connectivity index (χ0) is 15.3. The van der Waals surface area contributed by atoms with Gasteiger partial charge in [0.1, 0.15) is 5.76 Å². The van der Waals surface area contributed by atoms with Crippen molar-refractivity contribution in [3.63, 3.8) is 0 Å². The molecule has 0 aliphatic carbocycles. The van der Waals surface area contributed by atoms with E-state index in [1.54, 1.807) is 6.26 Å². The van der Waals surface area contributed by atoms with Gasteiger partial charge in [-0.1, -0.05) is 13.8 Å². The van der Waals surface area contributed by atoms with E-state index in [1.807, 2.05) is 26.0 Å². The summed E-state index contributed by atoms with van der Waals surface area (Å²) in [6.45, 7) is 6.94. The number of hydrogen-bond donors (Lipinski definition) is 1. The van der Waals surface area contributed by atoms with Gasteiger partial charge in [0.05, 0.1) is 12.3 Å². The van der Waals surface area contributed by atoms with E-state index in [-0.39, 0.29) is 6.04 Å². The lowest BCUT2D eigenvalue weighted by Crippen LogP contribution is -2.44. The summed E-state index contributed by atoms with van der Waals surface area (Å²) in [7, 11) is -3.42. The largest absolute Gasteiger partial charge is 0.468 e. The zero-order valence-electron chi connectivity index (χ0n) is 12.8. The van der Waals surface area contributed by atoms with E-state index >= 15 is 0 Å². The quantitative estimate of drug-likeness (QED) is 0.791. The fourth-order valence-electron chi connectivity index (χ4n) is 2.78. The molecule has 1 aliphatic heterocycles. The summed E-state index contributed by atoms with van der Waals surface area (Å²) in [6, 6.07) is 3.72. The third-order valence-electron chi connectivity index (χ3n) is 3.96. The second-order valence-electron chi connectivity index (χ2n) is 5.21. The molecule has 0 bridgehead atoms. The fourth-order valence-corrected chi connectivity index (χ4v) is 4.01. The molecule has 0 unspecified atom stereocenters. The molecule has 2 rings (SSSR count). The third kappa shape index (κ3) is 4.06. The van der Waals surface area contributed by atoms with Crippen LogP contribution in [0, 0.1) is 0 Å². The van der Waals surface area contributed by atoms with E-state index in [1.165, 1.54) is 4.31 Å². The van der Waals surface area contributed by atoms with Crippen molar-refractivity contribution in [2.75, 3.05) is 32.7 Å². The normalized spacial score (nSPS) is 18.4. The predicted octanol–water partition coefficient (Wildman–Crippen LogP) is 1.59.